The molecule has 5 nitrogen and oxygen atoms in total. The summed E-state index contributed by atoms with van der Waals surface area (Å²) in [6.07, 6.45) is 0. The fourth-order valence-electron chi connectivity index (χ4n) is 1.79. The Morgan fingerprint density at radius 2 is 1.70 bits per heavy atom. The highest BCUT2D eigenvalue weighted by molar-refractivity contribution is 7.91. The predicted octanol–water partition coefficient (Wildman–Crippen LogP) is 2.64. The van der Waals surface area contributed by atoms with Gasteiger partial charge in [-0.2, -0.15) is 0 Å². The molecule has 0 unspecified atom stereocenters. The Kier molecular flexibility index (Phi) is 5.33. The second kappa shape index (κ2) is 7.23. The zero-order valence-corrected chi connectivity index (χ0v) is 13.3. The summed E-state index contributed by atoms with van der Waals surface area (Å²) in [7, 11) is -3.26. The number of amides is 1. The normalized spacial score (nSPS) is 11.0. The lowest BCUT2D eigenvalue weighted by molar-refractivity contribution is -0.118. The first kappa shape index (κ1) is 17.0. The Balaban J connectivity index is 1.91. The molecule has 2 aromatic carbocycles. The molecule has 7 heteroatoms. The van der Waals surface area contributed by atoms with Gasteiger partial charge in [0.25, 0.3) is 5.91 Å². The predicted molar refractivity (Wildman–Crippen MR) is 84.7 cm³/mol. The minimum atomic E-state index is -3.26. The molecule has 0 aliphatic carbocycles. The first-order chi connectivity index (χ1) is 10.9. The van der Waals surface area contributed by atoms with Crippen LogP contribution in [-0.2, 0) is 14.6 Å². The van der Waals surface area contributed by atoms with Crippen LogP contribution in [0.15, 0.2) is 53.4 Å². The topological polar surface area (TPSA) is 72.5 Å². The molecular weight excluding hydrogens is 321 g/mol. The Bertz CT molecular complexity index is 771. The van der Waals surface area contributed by atoms with Crippen LogP contribution in [-0.4, -0.2) is 26.7 Å². The third-order valence-corrected chi connectivity index (χ3v) is 4.81. The molecule has 0 fully saturated rings. The second-order valence-electron chi connectivity index (χ2n) is 4.72. The fraction of sp³-hybridized carbons (Fsp3) is 0.188. The number of hydrogen-bond acceptors (Lipinski definition) is 4. The van der Waals surface area contributed by atoms with Gasteiger partial charge in [0.05, 0.1) is 10.6 Å². The lowest BCUT2D eigenvalue weighted by Crippen LogP contribution is -2.20. The van der Waals surface area contributed by atoms with Gasteiger partial charge in [-0.25, -0.2) is 12.8 Å². The fourth-order valence-corrected chi connectivity index (χ4v) is 2.67. The molecule has 0 radical (unpaired) electrons. The van der Waals surface area contributed by atoms with E-state index in [0.29, 0.717) is 11.4 Å². The zero-order valence-electron chi connectivity index (χ0n) is 12.5. The van der Waals surface area contributed by atoms with Gasteiger partial charge in [0.1, 0.15) is 11.6 Å². The molecule has 0 heterocycles. The molecule has 23 heavy (non-hydrogen) atoms. The summed E-state index contributed by atoms with van der Waals surface area (Å²) in [5.74, 6) is -0.389. The van der Waals surface area contributed by atoms with E-state index in [4.69, 9.17) is 4.74 Å². The van der Waals surface area contributed by atoms with E-state index in [0.717, 1.165) is 0 Å². The van der Waals surface area contributed by atoms with Crippen LogP contribution in [0, 0.1) is 5.82 Å². The average molecular weight is 337 g/mol. The van der Waals surface area contributed by atoms with E-state index in [1.807, 2.05) is 0 Å². The molecule has 0 bridgehead atoms. The minimum absolute atomic E-state index is 0.0181. The van der Waals surface area contributed by atoms with Crippen LogP contribution in [0.5, 0.6) is 5.75 Å². The van der Waals surface area contributed by atoms with E-state index in [1.54, 1.807) is 6.92 Å². The number of benzene rings is 2. The SMILES string of the molecule is CCS(=O)(=O)c1ccc(NC(=O)COc2ccc(F)cc2)cc1. The molecule has 0 saturated carbocycles. The Morgan fingerprint density at radius 3 is 2.26 bits per heavy atom. The van der Waals surface area contributed by atoms with Crippen molar-refractivity contribution in [2.24, 2.45) is 0 Å². The highest BCUT2D eigenvalue weighted by Gasteiger charge is 2.11. The van der Waals surface area contributed by atoms with Gasteiger partial charge in [-0.05, 0) is 48.5 Å². The average Bonchev–Trinajstić information content (AvgIpc) is 2.55. The van der Waals surface area contributed by atoms with Gasteiger partial charge in [-0.3, -0.25) is 4.79 Å². The number of anilines is 1. The van der Waals surface area contributed by atoms with Crippen molar-refractivity contribution in [1.82, 2.24) is 0 Å². The van der Waals surface area contributed by atoms with E-state index in [2.05, 4.69) is 5.32 Å². The maximum Gasteiger partial charge on any atom is 0.262 e. The molecule has 0 spiro atoms. The van der Waals surface area contributed by atoms with Crippen LogP contribution in [0.4, 0.5) is 10.1 Å². The molecule has 0 aromatic heterocycles. The summed E-state index contributed by atoms with van der Waals surface area (Å²) in [6.45, 7) is 1.33. The summed E-state index contributed by atoms with van der Waals surface area (Å²) in [5.41, 5.74) is 0.466. The maximum absolute atomic E-state index is 12.7. The number of ether oxygens (including phenoxy) is 1. The number of carbonyl (C=O) groups excluding carboxylic acids is 1. The Hall–Kier alpha value is -2.41. The number of halogens is 1. The molecule has 2 rings (SSSR count). The van der Waals surface area contributed by atoms with E-state index in [-0.39, 0.29) is 23.1 Å². The summed E-state index contributed by atoms with van der Waals surface area (Å²) in [6, 6.07) is 11.2. The molecule has 2 aromatic rings. The third-order valence-electron chi connectivity index (χ3n) is 3.06. The highest BCUT2D eigenvalue weighted by Crippen LogP contribution is 2.15. The van der Waals surface area contributed by atoms with Gasteiger partial charge in [-0.1, -0.05) is 6.92 Å². The van der Waals surface area contributed by atoms with E-state index >= 15 is 0 Å². The smallest absolute Gasteiger partial charge is 0.262 e. The van der Waals surface area contributed by atoms with Crippen molar-refractivity contribution >= 4 is 21.4 Å². The summed E-state index contributed by atoms with van der Waals surface area (Å²) >= 11 is 0. The largest absolute Gasteiger partial charge is 0.484 e. The third kappa shape index (κ3) is 4.79. The molecule has 1 N–H and O–H groups in total. The molecular formula is C16H16FNO4S. The lowest BCUT2D eigenvalue weighted by atomic mass is 10.3. The van der Waals surface area contributed by atoms with E-state index < -0.39 is 15.7 Å². The molecule has 0 aliphatic rings. The first-order valence-electron chi connectivity index (χ1n) is 6.92. The molecule has 0 saturated heterocycles. The van der Waals surface area contributed by atoms with Crippen LogP contribution < -0.4 is 10.1 Å². The van der Waals surface area contributed by atoms with Crippen molar-refractivity contribution in [3.05, 3.63) is 54.3 Å². The van der Waals surface area contributed by atoms with Gasteiger partial charge in [0, 0.05) is 5.69 Å². The highest BCUT2D eigenvalue weighted by atomic mass is 32.2. The van der Waals surface area contributed by atoms with Crippen molar-refractivity contribution in [2.75, 3.05) is 17.7 Å². The standard InChI is InChI=1S/C16H16FNO4S/c1-2-23(20,21)15-9-5-13(6-10-15)18-16(19)11-22-14-7-3-12(17)4-8-14/h3-10H,2,11H2,1H3,(H,18,19). The quantitative estimate of drug-likeness (QED) is 0.879. The monoisotopic (exact) mass is 337 g/mol. The maximum atomic E-state index is 12.7. The summed E-state index contributed by atoms with van der Waals surface area (Å²) in [4.78, 5) is 12.0. The Labute approximate surface area is 134 Å². The van der Waals surface area contributed by atoms with Gasteiger partial charge < -0.3 is 10.1 Å². The lowest BCUT2D eigenvalue weighted by Gasteiger charge is -2.08. The van der Waals surface area contributed by atoms with Gasteiger partial charge in [-0.15, -0.1) is 0 Å². The number of hydrogen-bond donors (Lipinski definition) is 1. The van der Waals surface area contributed by atoms with Crippen molar-refractivity contribution in [2.45, 2.75) is 11.8 Å². The van der Waals surface area contributed by atoms with Crippen molar-refractivity contribution < 1.29 is 22.3 Å². The van der Waals surface area contributed by atoms with Gasteiger partial charge >= 0.3 is 0 Å². The van der Waals surface area contributed by atoms with Crippen LogP contribution in [0.25, 0.3) is 0 Å². The summed E-state index contributed by atoms with van der Waals surface area (Å²) in [5, 5.41) is 2.59. The van der Waals surface area contributed by atoms with Crippen molar-refractivity contribution in [3.63, 3.8) is 0 Å². The molecule has 0 atom stereocenters. The van der Waals surface area contributed by atoms with Crippen LogP contribution >= 0.6 is 0 Å². The molecule has 122 valence electrons. The van der Waals surface area contributed by atoms with Crippen LogP contribution in [0.1, 0.15) is 6.92 Å². The van der Waals surface area contributed by atoms with E-state index in [9.17, 15) is 17.6 Å². The Morgan fingerprint density at radius 1 is 1.09 bits per heavy atom. The second-order valence-corrected chi connectivity index (χ2v) is 7.00. The molecule has 1 amide bonds. The van der Waals surface area contributed by atoms with Crippen LogP contribution in [0.2, 0.25) is 0 Å². The van der Waals surface area contributed by atoms with E-state index in [1.165, 1.54) is 48.5 Å². The molecule has 0 aliphatic heterocycles. The van der Waals surface area contributed by atoms with Gasteiger partial charge in [0.2, 0.25) is 0 Å². The number of nitrogens with one attached hydrogen (secondary N) is 1. The van der Waals surface area contributed by atoms with Crippen molar-refractivity contribution in [1.29, 1.82) is 0 Å². The van der Waals surface area contributed by atoms with Gasteiger partial charge in [0.15, 0.2) is 16.4 Å². The number of carbonyl (C=O) groups is 1. The minimum Gasteiger partial charge on any atom is -0.484 e. The summed E-state index contributed by atoms with van der Waals surface area (Å²) < 4.78 is 41.3. The first-order valence-corrected chi connectivity index (χ1v) is 8.57. The number of sulfone groups is 1. The van der Waals surface area contributed by atoms with Crippen molar-refractivity contribution in [3.8, 4) is 5.75 Å². The van der Waals surface area contributed by atoms with Crippen LogP contribution in [0.3, 0.4) is 0 Å². The number of rotatable bonds is 6. The zero-order chi connectivity index (χ0) is 16.9.